The zero-order valence-corrected chi connectivity index (χ0v) is 15.8. The molecule has 1 aliphatic heterocycles. The molecule has 9 heteroatoms. The number of aliphatic carboxylic acids is 1. The highest BCUT2D eigenvalue weighted by molar-refractivity contribution is 5.96. The minimum Gasteiger partial charge on any atom is -0.493 e. The predicted octanol–water partition coefficient (Wildman–Crippen LogP) is 0.751. The molecular weight excluding hydrogens is 368 g/mol. The van der Waals surface area contributed by atoms with Crippen molar-refractivity contribution in [2.24, 2.45) is 23.5 Å². The number of rotatable bonds is 8. The van der Waals surface area contributed by atoms with Crippen molar-refractivity contribution in [3.05, 3.63) is 17.7 Å². The molecule has 0 spiro atoms. The van der Waals surface area contributed by atoms with Crippen LogP contribution in [-0.2, 0) is 9.59 Å². The molecule has 2 aliphatic rings. The monoisotopic (exact) mass is 392 g/mol. The van der Waals surface area contributed by atoms with Crippen molar-refractivity contribution in [2.75, 3.05) is 33.9 Å². The third kappa shape index (κ3) is 3.97. The molecule has 1 aliphatic carbocycles. The number of nitrogens with two attached hydrogens (primary N) is 1. The summed E-state index contributed by atoms with van der Waals surface area (Å²) in [5.41, 5.74) is 5.40. The Kier molecular flexibility index (Phi) is 5.62. The Bertz CT molecular complexity index is 765. The predicted molar refractivity (Wildman–Crippen MR) is 97.5 cm³/mol. The lowest BCUT2D eigenvalue weighted by atomic mass is 9.92. The van der Waals surface area contributed by atoms with E-state index >= 15 is 0 Å². The van der Waals surface area contributed by atoms with Gasteiger partial charge in [0.15, 0.2) is 18.1 Å². The Balaban J connectivity index is 1.85. The normalized spacial score (nSPS) is 21.3. The summed E-state index contributed by atoms with van der Waals surface area (Å²) in [5, 5.41) is 9.50. The molecule has 1 aromatic carbocycles. The molecule has 0 aromatic heterocycles. The van der Waals surface area contributed by atoms with E-state index in [1.165, 1.54) is 26.4 Å². The summed E-state index contributed by atoms with van der Waals surface area (Å²) in [4.78, 5) is 37.2. The zero-order valence-electron chi connectivity index (χ0n) is 15.8. The molecule has 152 valence electrons. The van der Waals surface area contributed by atoms with E-state index in [4.69, 9.17) is 19.9 Å². The summed E-state index contributed by atoms with van der Waals surface area (Å²) in [5.74, 6) is -1.39. The molecule has 3 N–H and O–H groups in total. The van der Waals surface area contributed by atoms with Crippen LogP contribution < -0.4 is 19.9 Å². The minimum absolute atomic E-state index is 0.0107. The fraction of sp³-hybridized carbons (Fsp3) is 0.526. The van der Waals surface area contributed by atoms with Gasteiger partial charge in [-0.3, -0.25) is 14.4 Å². The van der Waals surface area contributed by atoms with Crippen LogP contribution >= 0.6 is 0 Å². The van der Waals surface area contributed by atoms with Gasteiger partial charge in [-0.25, -0.2) is 0 Å². The van der Waals surface area contributed by atoms with Crippen molar-refractivity contribution < 1.29 is 33.7 Å². The van der Waals surface area contributed by atoms with E-state index in [1.54, 1.807) is 4.90 Å². The first kappa shape index (κ1) is 19.8. The van der Waals surface area contributed by atoms with Crippen LogP contribution in [0.1, 0.15) is 23.2 Å². The quantitative estimate of drug-likeness (QED) is 0.668. The average molecular weight is 392 g/mol. The van der Waals surface area contributed by atoms with Gasteiger partial charge in [-0.1, -0.05) is 0 Å². The van der Waals surface area contributed by atoms with Gasteiger partial charge in [-0.2, -0.15) is 0 Å². The first-order valence-corrected chi connectivity index (χ1v) is 9.04. The van der Waals surface area contributed by atoms with Gasteiger partial charge < -0.3 is 30.0 Å². The van der Waals surface area contributed by atoms with Crippen molar-refractivity contribution in [3.8, 4) is 17.2 Å². The maximum absolute atomic E-state index is 13.0. The van der Waals surface area contributed by atoms with Gasteiger partial charge in [-0.15, -0.1) is 0 Å². The van der Waals surface area contributed by atoms with E-state index < -0.39 is 17.8 Å². The lowest BCUT2D eigenvalue weighted by Gasteiger charge is -2.19. The Morgan fingerprint density at radius 2 is 1.75 bits per heavy atom. The highest BCUT2D eigenvalue weighted by Crippen LogP contribution is 2.45. The third-order valence-corrected chi connectivity index (χ3v) is 5.26. The SMILES string of the molecule is COc1cc(C(=O)N2C[C@H](C(=O)O)[C@@H](C3CC3)C2)cc(OC)c1OCC(N)=O. The van der Waals surface area contributed by atoms with Gasteiger partial charge in [-0.05, 0) is 36.8 Å². The molecule has 2 fully saturated rings. The first-order chi connectivity index (χ1) is 13.3. The molecule has 1 saturated carbocycles. The van der Waals surface area contributed by atoms with E-state index in [-0.39, 0.29) is 42.2 Å². The highest BCUT2D eigenvalue weighted by atomic mass is 16.5. The smallest absolute Gasteiger partial charge is 0.308 e. The van der Waals surface area contributed by atoms with Crippen LogP contribution in [0.4, 0.5) is 0 Å². The Morgan fingerprint density at radius 3 is 2.21 bits per heavy atom. The number of likely N-dealkylation sites (tertiary alicyclic amines) is 1. The van der Waals surface area contributed by atoms with E-state index in [9.17, 15) is 19.5 Å². The van der Waals surface area contributed by atoms with Gasteiger partial charge in [0.05, 0.1) is 20.1 Å². The maximum atomic E-state index is 13.0. The summed E-state index contributed by atoms with van der Waals surface area (Å²) in [7, 11) is 2.80. The second-order valence-corrected chi connectivity index (χ2v) is 7.12. The zero-order chi connectivity index (χ0) is 20.4. The molecule has 28 heavy (non-hydrogen) atoms. The number of amides is 2. The molecule has 2 atom stereocenters. The minimum atomic E-state index is -0.863. The Morgan fingerprint density at radius 1 is 1.14 bits per heavy atom. The molecule has 1 aromatic rings. The molecule has 1 saturated heterocycles. The van der Waals surface area contributed by atoms with Crippen LogP contribution in [0, 0.1) is 17.8 Å². The number of carboxylic acids is 1. The Labute approximate surface area is 162 Å². The number of primary amides is 1. The largest absolute Gasteiger partial charge is 0.493 e. The van der Waals surface area contributed by atoms with Crippen molar-refractivity contribution in [3.63, 3.8) is 0 Å². The summed E-state index contributed by atoms with van der Waals surface area (Å²) in [6, 6.07) is 2.98. The fourth-order valence-electron chi connectivity index (χ4n) is 3.73. The highest BCUT2D eigenvalue weighted by Gasteiger charge is 2.47. The average Bonchev–Trinajstić information content (AvgIpc) is 3.42. The van der Waals surface area contributed by atoms with Crippen molar-refractivity contribution in [1.29, 1.82) is 0 Å². The number of nitrogens with zero attached hydrogens (tertiary/aromatic N) is 1. The van der Waals surface area contributed by atoms with Crippen molar-refractivity contribution in [2.45, 2.75) is 12.8 Å². The van der Waals surface area contributed by atoms with Crippen LogP contribution in [0.2, 0.25) is 0 Å². The number of carboxylic acid groups (broad SMARTS) is 1. The number of benzene rings is 1. The van der Waals surface area contributed by atoms with Gasteiger partial charge in [0.25, 0.3) is 11.8 Å². The van der Waals surface area contributed by atoms with Crippen molar-refractivity contribution >= 4 is 17.8 Å². The maximum Gasteiger partial charge on any atom is 0.308 e. The number of carbonyl (C=O) groups excluding carboxylic acids is 2. The first-order valence-electron chi connectivity index (χ1n) is 9.04. The molecule has 0 unspecified atom stereocenters. The van der Waals surface area contributed by atoms with Gasteiger partial charge in [0.2, 0.25) is 5.75 Å². The second-order valence-electron chi connectivity index (χ2n) is 7.12. The standard InChI is InChI=1S/C19H24N2O7/c1-26-14-5-11(6-15(27-2)17(14)28-9-16(20)22)18(23)21-7-12(10-3-4-10)13(8-21)19(24)25/h5-6,10,12-13H,3-4,7-9H2,1-2H3,(H2,20,22)(H,24,25)/t12-,13+/m1/s1. The third-order valence-electron chi connectivity index (χ3n) is 5.26. The van der Waals surface area contributed by atoms with Crippen LogP contribution in [0.15, 0.2) is 12.1 Å². The molecule has 2 amide bonds. The number of methoxy groups -OCH3 is 2. The van der Waals surface area contributed by atoms with Crippen LogP contribution in [0.3, 0.4) is 0 Å². The van der Waals surface area contributed by atoms with Gasteiger partial charge in [0.1, 0.15) is 0 Å². The lowest BCUT2D eigenvalue weighted by molar-refractivity contribution is -0.142. The van der Waals surface area contributed by atoms with Crippen LogP contribution in [0.5, 0.6) is 17.2 Å². The van der Waals surface area contributed by atoms with E-state index in [0.29, 0.717) is 18.0 Å². The van der Waals surface area contributed by atoms with E-state index in [2.05, 4.69) is 0 Å². The number of ether oxygens (including phenoxy) is 3. The lowest BCUT2D eigenvalue weighted by Crippen LogP contribution is -2.30. The molecule has 0 bridgehead atoms. The molecule has 9 nitrogen and oxygen atoms in total. The summed E-state index contributed by atoms with van der Waals surface area (Å²) < 4.78 is 15.9. The number of hydrogen-bond acceptors (Lipinski definition) is 6. The topological polar surface area (TPSA) is 128 Å². The molecular formula is C19H24N2O7. The summed E-state index contributed by atoms with van der Waals surface area (Å²) in [6.07, 6.45) is 2.04. The van der Waals surface area contributed by atoms with Gasteiger partial charge in [0, 0.05) is 18.7 Å². The summed E-state index contributed by atoms with van der Waals surface area (Å²) >= 11 is 0. The molecule has 3 rings (SSSR count). The molecule has 0 radical (unpaired) electrons. The van der Waals surface area contributed by atoms with E-state index in [1.807, 2.05) is 0 Å². The van der Waals surface area contributed by atoms with Gasteiger partial charge >= 0.3 is 5.97 Å². The summed E-state index contributed by atoms with van der Waals surface area (Å²) in [6.45, 7) is 0.237. The Hall–Kier alpha value is -2.97. The van der Waals surface area contributed by atoms with Crippen LogP contribution in [-0.4, -0.2) is 61.7 Å². The fourth-order valence-corrected chi connectivity index (χ4v) is 3.73. The van der Waals surface area contributed by atoms with E-state index in [0.717, 1.165) is 12.8 Å². The number of hydrogen-bond donors (Lipinski definition) is 2. The molecule has 1 heterocycles. The van der Waals surface area contributed by atoms with Crippen LogP contribution in [0.25, 0.3) is 0 Å². The van der Waals surface area contributed by atoms with Crippen molar-refractivity contribution in [1.82, 2.24) is 4.90 Å². The number of carbonyl (C=O) groups is 3. The second kappa shape index (κ2) is 7.95.